The minimum absolute atomic E-state index is 0.0363. The van der Waals surface area contributed by atoms with E-state index < -0.39 is 39.8 Å². The van der Waals surface area contributed by atoms with Gasteiger partial charge >= 0.3 is 12.1 Å². The van der Waals surface area contributed by atoms with Crippen molar-refractivity contribution in [1.29, 1.82) is 0 Å². The number of non-ortho nitro benzene ring substituents is 1. The van der Waals surface area contributed by atoms with Crippen LogP contribution in [0, 0.1) is 26.1 Å². The molecular formula is C19H20N2O11. The maximum Gasteiger partial charge on any atom is 0.515 e. The predicted molar refractivity (Wildman–Crippen MR) is 105 cm³/mol. The van der Waals surface area contributed by atoms with E-state index >= 15 is 0 Å². The molecule has 1 aliphatic rings. The highest BCUT2D eigenvalue weighted by Gasteiger charge is 2.50. The summed E-state index contributed by atoms with van der Waals surface area (Å²) in [4.78, 5) is 49.8. The average Bonchev–Trinajstić information content (AvgIpc) is 2.73. The molecule has 0 aliphatic heterocycles. The van der Waals surface area contributed by atoms with E-state index in [0.717, 1.165) is 36.4 Å². The highest BCUT2D eigenvalue weighted by atomic mass is 17.0. The third kappa shape index (κ3) is 5.50. The zero-order chi connectivity index (χ0) is 23.9. The van der Waals surface area contributed by atoms with E-state index in [-0.39, 0.29) is 23.6 Å². The van der Waals surface area contributed by atoms with Crippen molar-refractivity contribution in [3.05, 3.63) is 68.5 Å². The van der Waals surface area contributed by atoms with Gasteiger partial charge in [0, 0.05) is 12.1 Å². The van der Waals surface area contributed by atoms with E-state index in [1.165, 1.54) is 13.2 Å². The normalized spacial score (nSPS) is 20.4. The van der Waals surface area contributed by atoms with E-state index in [0.29, 0.717) is 6.42 Å². The van der Waals surface area contributed by atoms with Gasteiger partial charge in [0.2, 0.25) is 5.60 Å². The van der Waals surface area contributed by atoms with Crippen LogP contribution in [0.5, 0.6) is 5.75 Å². The lowest BCUT2D eigenvalue weighted by atomic mass is 9.84. The second kappa shape index (κ2) is 10.2. The van der Waals surface area contributed by atoms with Crippen LogP contribution in [0.15, 0.2) is 48.3 Å². The third-order valence-electron chi connectivity index (χ3n) is 4.52. The van der Waals surface area contributed by atoms with Crippen molar-refractivity contribution in [2.24, 2.45) is 5.92 Å². The summed E-state index contributed by atoms with van der Waals surface area (Å²) in [6.45, 7) is 1.71. The van der Waals surface area contributed by atoms with Crippen LogP contribution in [0.25, 0.3) is 0 Å². The predicted octanol–water partition coefficient (Wildman–Crippen LogP) is 3.03. The van der Waals surface area contributed by atoms with Gasteiger partial charge in [-0.05, 0) is 30.7 Å². The van der Waals surface area contributed by atoms with Gasteiger partial charge in [-0.15, -0.1) is 10.1 Å². The summed E-state index contributed by atoms with van der Waals surface area (Å²) < 4.78 is 15.7. The van der Waals surface area contributed by atoms with E-state index in [1.807, 2.05) is 0 Å². The number of carbonyl (C=O) groups is 2. The van der Waals surface area contributed by atoms with Crippen molar-refractivity contribution < 1.29 is 43.8 Å². The number of carboxylic acid groups (broad SMARTS) is 1. The molecule has 13 nitrogen and oxygen atoms in total. The van der Waals surface area contributed by atoms with E-state index in [4.69, 9.17) is 19.0 Å². The van der Waals surface area contributed by atoms with Gasteiger partial charge < -0.3 is 24.2 Å². The van der Waals surface area contributed by atoms with Crippen LogP contribution in [0.1, 0.15) is 19.8 Å². The van der Waals surface area contributed by atoms with Crippen molar-refractivity contribution in [2.45, 2.75) is 31.5 Å². The number of methoxy groups -OCH3 is 1. The zero-order valence-electron chi connectivity index (χ0n) is 17.0. The number of hydrogen-bond donors (Lipinski definition) is 1. The Labute approximate surface area is 181 Å². The van der Waals surface area contributed by atoms with Crippen molar-refractivity contribution in [2.75, 3.05) is 7.11 Å². The van der Waals surface area contributed by atoms with Gasteiger partial charge in [0.15, 0.2) is 6.10 Å². The van der Waals surface area contributed by atoms with Crippen LogP contribution >= 0.6 is 0 Å². The highest BCUT2D eigenvalue weighted by Crippen LogP contribution is 2.38. The van der Waals surface area contributed by atoms with Crippen LogP contribution < -0.4 is 4.74 Å². The van der Waals surface area contributed by atoms with Crippen LogP contribution in [-0.2, 0) is 19.1 Å². The fourth-order valence-corrected chi connectivity index (χ4v) is 3.08. The number of benzene rings is 1. The number of hydrogen-bond acceptors (Lipinski definition) is 10. The summed E-state index contributed by atoms with van der Waals surface area (Å²) in [5.74, 6) is -2.65. The molecular weight excluding hydrogens is 432 g/mol. The first kappa shape index (κ1) is 24.1. The molecule has 0 amide bonds. The quantitative estimate of drug-likeness (QED) is 0.181. The van der Waals surface area contributed by atoms with Gasteiger partial charge in [-0.1, -0.05) is 19.4 Å². The van der Waals surface area contributed by atoms with Gasteiger partial charge in [-0.3, -0.25) is 14.9 Å². The molecule has 1 aliphatic carbocycles. The fourth-order valence-electron chi connectivity index (χ4n) is 3.08. The summed E-state index contributed by atoms with van der Waals surface area (Å²) in [5, 5.41) is 30.0. The van der Waals surface area contributed by atoms with E-state index in [2.05, 4.69) is 0 Å². The van der Waals surface area contributed by atoms with Crippen LogP contribution in [-0.4, -0.2) is 46.1 Å². The van der Waals surface area contributed by atoms with Gasteiger partial charge in [0.1, 0.15) is 11.5 Å². The van der Waals surface area contributed by atoms with Crippen LogP contribution in [0.3, 0.4) is 0 Å². The maximum absolute atomic E-state index is 12.5. The molecule has 3 atom stereocenters. The highest BCUT2D eigenvalue weighted by molar-refractivity contribution is 5.75. The maximum atomic E-state index is 12.5. The number of carboxylic acids is 1. The lowest BCUT2D eigenvalue weighted by Crippen LogP contribution is -2.51. The molecule has 1 N–H and O–H groups in total. The topological polar surface area (TPSA) is 178 Å². The largest absolute Gasteiger partial charge is 0.515 e. The fraction of sp³-hybridized carbons (Fsp3) is 0.368. The molecule has 1 aromatic carbocycles. The summed E-state index contributed by atoms with van der Waals surface area (Å²) in [6, 6.07) is 4.53. The summed E-state index contributed by atoms with van der Waals surface area (Å²) in [6.07, 6.45) is 1.16. The smallest absolute Gasteiger partial charge is 0.497 e. The molecule has 1 aromatic rings. The Morgan fingerprint density at radius 3 is 2.38 bits per heavy atom. The molecule has 0 aromatic heterocycles. The molecule has 0 heterocycles. The Balaban J connectivity index is 2.39. The van der Waals surface area contributed by atoms with Crippen LogP contribution in [0.2, 0.25) is 0 Å². The first-order chi connectivity index (χ1) is 15.1. The summed E-state index contributed by atoms with van der Waals surface area (Å²) >= 11 is 0. The van der Waals surface area contributed by atoms with E-state index in [9.17, 15) is 34.9 Å². The number of aliphatic carboxylic acids is 1. The Hall–Kier alpha value is -4.16. The number of nitro benzene ring substituents is 1. The second-order valence-electron chi connectivity index (χ2n) is 6.56. The third-order valence-corrected chi connectivity index (χ3v) is 4.52. The molecule has 13 heteroatoms. The first-order valence-electron chi connectivity index (χ1n) is 9.27. The van der Waals surface area contributed by atoms with Crippen molar-refractivity contribution >= 4 is 17.8 Å². The number of rotatable bonds is 10. The number of ether oxygens (including phenoxy) is 3. The standard InChI is InChI=1S/C19H20N2O11/c1-3-4-15(32-21(27)28)19(10-9-12(17(22)23)11-16(19)29-2)31-18(24)30-14-7-5-13(6-8-14)20(25)26/h5-12,15H,3-4H2,1-2H3,(H,22,23). The molecule has 0 saturated carbocycles. The molecule has 0 fully saturated rings. The Kier molecular flexibility index (Phi) is 7.71. The van der Waals surface area contributed by atoms with E-state index in [1.54, 1.807) is 6.92 Å². The number of nitro groups is 1. The van der Waals surface area contributed by atoms with Gasteiger partial charge in [-0.2, -0.15) is 0 Å². The van der Waals surface area contributed by atoms with Gasteiger partial charge in [-0.25, -0.2) is 4.79 Å². The number of nitrogens with zero attached hydrogens (tertiary/aromatic N) is 2. The SMILES string of the molecule is CCCC(O[N+](=O)[O-])C1(OC(=O)Oc2ccc([N+](=O)[O-])cc2)C=CC(C(=O)O)C=C1OC. The van der Waals surface area contributed by atoms with Gasteiger partial charge in [0.05, 0.1) is 18.0 Å². The average molecular weight is 452 g/mol. The summed E-state index contributed by atoms with van der Waals surface area (Å²) in [7, 11) is 1.18. The monoisotopic (exact) mass is 452 g/mol. The second-order valence-corrected chi connectivity index (χ2v) is 6.56. The Bertz CT molecular complexity index is 941. The van der Waals surface area contributed by atoms with Crippen molar-refractivity contribution in [1.82, 2.24) is 0 Å². The first-order valence-corrected chi connectivity index (χ1v) is 9.27. The molecule has 0 radical (unpaired) electrons. The molecule has 0 bridgehead atoms. The lowest BCUT2D eigenvalue weighted by molar-refractivity contribution is -0.771. The zero-order valence-corrected chi connectivity index (χ0v) is 17.0. The Morgan fingerprint density at radius 1 is 1.22 bits per heavy atom. The molecule has 0 saturated heterocycles. The molecule has 0 spiro atoms. The molecule has 2 rings (SSSR count). The molecule has 32 heavy (non-hydrogen) atoms. The van der Waals surface area contributed by atoms with Crippen LogP contribution in [0.4, 0.5) is 10.5 Å². The van der Waals surface area contributed by atoms with Crippen molar-refractivity contribution in [3.8, 4) is 5.75 Å². The van der Waals surface area contributed by atoms with Gasteiger partial charge in [0.25, 0.3) is 10.8 Å². The molecule has 172 valence electrons. The molecule has 3 unspecified atom stereocenters. The minimum atomic E-state index is -2.00. The number of carbonyl (C=O) groups excluding carboxylic acids is 1. The lowest BCUT2D eigenvalue weighted by Gasteiger charge is -2.38. The Morgan fingerprint density at radius 2 is 1.88 bits per heavy atom. The van der Waals surface area contributed by atoms with Crippen molar-refractivity contribution in [3.63, 3.8) is 0 Å². The minimum Gasteiger partial charge on any atom is -0.497 e. The summed E-state index contributed by atoms with van der Waals surface area (Å²) in [5.41, 5.74) is -2.23.